The second-order valence-electron chi connectivity index (χ2n) is 6.30. The first-order valence-electron chi connectivity index (χ1n) is 8.53. The number of aliphatic hydroxyl groups excluding tert-OH is 1. The van der Waals surface area contributed by atoms with Gasteiger partial charge in [-0.25, -0.2) is 0 Å². The van der Waals surface area contributed by atoms with Crippen molar-refractivity contribution in [2.24, 2.45) is 0 Å². The molecule has 1 fully saturated rings. The number of rotatable bonds is 5. The van der Waals surface area contributed by atoms with Crippen molar-refractivity contribution in [3.63, 3.8) is 0 Å². The molecule has 1 N–H and O–H groups in total. The maximum Gasteiger partial charge on any atom is 0.292 e. The summed E-state index contributed by atoms with van der Waals surface area (Å²) in [6.45, 7) is 3.58. The number of anilines is 1. The zero-order chi connectivity index (χ0) is 18.7. The molecule has 1 aromatic heterocycles. The Balaban J connectivity index is 1.87. The van der Waals surface area contributed by atoms with E-state index in [4.69, 9.17) is 33.0 Å². The van der Waals surface area contributed by atoms with Gasteiger partial charge in [0.1, 0.15) is 5.02 Å². The molecule has 0 radical (unpaired) electrons. The highest BCUT2D eigenvalue weighted by Crippen LogP contribution is 2.26. The average Bonchev–Trinajstić information content (AvgIpc) is 2.65. The molecule has 1 saturated heterocycles. The standard InChI is InChI=1S/C18H21Cl2N3O3/c1-12-4-5-13(9-15(12)19)23-18(25)17(20)16(10-21-23)22-6-2-3-14(11-22)26-8-7-24/h4-5,9-10,14,24H,2-3,6-8,11H2,1H3. The lowest BCUT2D eigenvalue weighted by molar-refractivity contribution is 0.0214. The number of ether oxygens (including phenoxy) is 1. The number of aryl methyl sites for hydroxylation is 1. The van der Waals surface area contributed by atoms with Crippen molar-refractivity contribution >= 4 is 28.9 Å². The van der Waals surface area contributed by atoms with E-state index in [2.05, 4.69) is 5.10 Å². The molecule has 0 bridgehead atoms. The zero-order valence-corrected chi connectivity index (χ0v) is 16.0. The lowest BCUT2D eigenvalue weighted by Crippen LogP contribution is -2.41. The molecule has 1 unspecified atom stereocenters. The summed E-state index contributed by atoms with van der Waals surface area (Å²) < 4.78 is 6.87. The molecule has 1 atom stereocenters. The Morgan fingerprint density at radius 1 is 1.38 bits per heavy atom. The molecule has 0 amide bonds. The SMILES string of the molecule is Cc1ccc(-n2ncc(N3CCCC(OCCO)C3)c(Cl)c2=O)cc1Cl. The minimum Gasteiger partial charge on any atom is -0.394 e. The predicted molar refractivity (Wildman–Crippen MR) is 103 cm³/mol. The van der Waals surface area contributed by atoms with Gasteiger partial charge in [0.15, 0.2) is 0 Å². The van der Waals surface area contributed by atoms with Crippen LogP contribution in [0.5, 0.6) is 0 Å². The molecule has 1 aromatic carbocycles. The Hall–Kier alpha value is -1.60. The topological polar surface area (TPSA) is 67.6 Å². The molecule has 6 nitrogen and oxygen atoms in total. The third-order valence-electron chi connectivity index (χ3n) is 4.46. The van der Waals surface area contributed by atoms with E-state index in [-0.39, 0.29) is 23.3 Å². The second-order valence-corrected chi connectivity index (χ2v) is 7.08. The van der Waals surface area contributed by atoms with E-state index >= 15 is 0 Å². The van der Waals surface area contributed by atoms with E-state index in [1.807, 2.05) is 17.9 Å². The Kier molecular flexibility index (Phi) is 6.19. The lowest BCUT2D eigenvalue weighted by atomic mass is 10.1. The van der Waals surface area contributed by atoms with Gasteiger partial charge in [0.25, 0.3) is 5.56 Å². The summed E-state index contributed by atoms with van der Waals surface area (Å²) in [6, 6.07) is 5.31. The number of hydrogen-bond donors (Lipinski definition) is 1. The smallest absolute Gasteiger partial charge is 0.292 e. The van der Waals surface area contributed by atoms with Gasteiger partial charge < -0.3 is 14.7 Å². The van der Waals surface area contributed by atoms with Crippen LogP contribution in [0.25, 0.3) is 5.69 Å². The third kappa shape index (κ3) is 4.04. The molecule has 0 saturated carbocycles. The van der Waals surface area contributed by atoms with Gasteiger partial charge in [0, 0.05) is 18.1 Å². The molecule has 3 rings (SSSR count). The van der Waals surface area contributed by atoms with Crippen LogP contribution in [0.15, 0.2) is 29.2 Å². The normalized spacial score (nSPS) is 17.5. The van der Waals surface area contributed by atoms with Crippen LogP contribution < -0.4 is 10.5 Å². The van der Waals surface area contributed by atoms with Gasteiger partial charge in [-0.15, -0.1) is 0 Å². The van der Waals surface area contributed by atoms with Crippen LogP contribution in [0, 0.1) is 6.92 Å². The predicted octanol–water partition coefficient (Wildman–Crippen LogP) is 2.83. The van der Waals surface area contributed by atoms with Crippen LogP contribution in [0.1, 0.15) is 18.4 Å². The summed E-state index contributed by atoms with van der Waals surface area (Å²) in [6.07, 6.45) is 3.44. The second kappa shape index (κ2) is 8.39. The zero-order valence-electron chi connectivity index (χ0n) is 14.5. The maximum atomic E-state index is 12.7. The molecule has 26 heavy (non-hydrogen) atoms. The van der Waals surface area contributed by atoms with Crippen LogP contribution in [0.3, 0.4) is 0 Å². The number of nitrogens with zero attached hydrogens (tertiary/aromatic N) is 3. The van der Waals surface area contributed by atoms with Crippen LogP contribution in [-0.2, 0) is 4.74 Å². The number of hydrogen-bond acceptors (Lipinski definition) is 5. The van der Waals surface area contributed by atoms with Gasteiger partial charge in [-0.2, -0.15) is 9.78 Å². The average molecular weight is 398 g/mol. The van der Waals surface area contributed by atoms with Gasteiger partial charge in [0.2, 0.25) is 0 Å². The Morgan fingerprint density at radius 2 is 2.19 bits per heavy atom. The quantitative estimate of drug-likeness (QED) is 0.839. The fourth-order valence-corrected chi connectivity index (χ4v) is 3.48. The summed E-state index contributed by atoms with van der Waals surface area (Å²) >= 11 is 12.5. The molecule has 0 spiro atoms. The largest absolute Gasteiger partial charge is 0.394 e. The highest BCUT2D eigenvalue weighted by molar-refractivity contribution is 6.33. The first-order valence-corrected chi connectivity index (χ1v) is 9.28. The minimum atomic E-state index is -0.387. The van der Waals surface area contributed by atoms with Crippen molar-refractivity contribution in [1.82, 2.24) is 9.78 Å². The Morgan fingerprint density at radius 3 is 2.92 bits per heavy atom. The van der Waals surface area contributed by atoms with Crippen molar-refractivity contribution in [1.29, 1.82) is 0 Å². The van der Waals surface area contributed by atoms with Crippen molar-refractivity contribution in [3.05, 3.63) is 50.4 Å². The Bertz CT molecular complexity index is 841. The fraction of sp³-hybridized carbons (Fsp3) is 0.444. The van der Waals surface area contributed by atoms with Gasteiger partial charge >= 0.3 is 0 Å². The van der Waals surface area contributed by atoms with Crippen LogP contribution >= 0.6 is 23.2 Å². The van der Waals surface area contributed by atoms with Crippen molar-refractivity contribution in [2.45, 2.75) is 25.9 Å². The van der Waals surface area contributed by atoms with E-state index < -0.39 is 0 Å². The highest BCUT2D eigenvalue weighted by Gasteiger charge is 2.24. The number of aliphatic hydroxyl groups is 1. The summed E-state index contributed by atoms with van der Waals surface area (Å²) in [5.74, 6) is 0. The van der Waals surface area contributed by atoms with Gasteiger partial charge in [-0.1, -0.05) is 29.3 Å². The molecule has 0 aliphatic carbocycles. The Labute approximate surface area is 161 Å². The van der Waals surface area contributed by atoms with Crippen molar-refractivity contribution in [2.75, 3.05) is 31.2 Å². The number of benzene rings is 1. The van der Waals surface area contributed by atoms with Crippen molar-refractivity contribution < 1.29 is 9.84 Å². The lowest BCUT2D eigenvalue weighted by Gasteiger charge is -2.34. The summed E-state index contributed by atoms with van der Waals surface area (Å²) in [5.41, 5.74) is 1.71. The highest BCUT2D eigenvalue weighted by atomic mass is 35.5. The summed E-state index contributed by atoms with van der Waals surface area (Å²) in [4.78, 5) is 14.7. The number of piperidine rings is 1. The monoisotopic (exact) mass is 397 g/mol. The molecule has 1 aliphatic rings. The van der Waals surface area contributed by atoms with Crippen molar-refractivity contribution in [3.8, 4) is 5.69 Å². The summed E-state index contributed by atoms with van der Waals surface area (Å²) in [5, 5.41) is 13.9. The molecule has 2 aromatic rings. The molecule has 140 valence electrons. The van der Waals surface area contributed by atoms with Gasteiger partial charge in [0.05, 0.1) is 36.9 Å². The van der Waals surface area contributed by atoms with Crippen LogP contribution in [0.2, 0.25) is 10.0 Å². The van der Waals surface area contributed by atoms with Crippen LogP contribution in [-0.4, -0.2) is 47.3 Å². The van der Waals surface area contributed by atoms with E-state index in [0.29, 0.717) is 29.5 Å². The first-order chi connectivity index (χ1) is 12.5. The molecular formula is C18H21Cl2N3O3. The van der Waals surface area contributed by atoms with E-state index in [0.717, 1.165) is 24.9 Å². The van der Waals surface area contributed by atoms with Gasteiger partial charge in [-0.3, -0.25) is 4.79 Å². The van der Waals surface area contributed by atoms with E-state index in [1.165, 1.54) is 4.68 Å². The molecule has 2 heterocycles. The molecule has 8 heteroatoms. The fourth-order valence-electron chi connectivity index (χ4n) is 3.05. The van der Waals surface area contributed by atoms with Gasteiger partial charge in [-0.05, 0) is 37.5 Å². The summed E-state index contributed by atoms with van der Waals surface area (Å²) in [7, 11) is 0. The number of halogens is 2. The van der Waals surface area contributed by atoms with E-state index in [1.54, 1.807) is 18.3 Å². The van der Waals surface area contributed by atoms with Crippen LogP contribution in [0.4, 0.5) is 5.69 Å². The van der Waals surface area contributed by atoms with E-state index in [9.17, 15) is 4.79 Å². The molecular weight excluding hydrogens is 377 g/mol. The minimum absolute atomic E-state index is 0.00491. The maximum absolute atomic E-state index is 12.7. The number of aromatic nitrogens is 2. The molecule has 1 aliphatic heterocycles. The first kappa shape index (κ1) is 19.2. The third-order valence-corrected chi connectivity index (χ3v) is 5.23.